The van der Waals surface area contributed by atoms with Crippen molar-refractivity contribution in [3.05, 3.63) is 132 Å². The lowest BCUT2D eigenvalue weighted by Gasteiger charge is -2.17. The normalized spacial score (nSPS) is 11.1. The Hall–Kier alpha value is -4.60. The third-order valence-corrected chi connectivity index (χ3v) is 6.86. The average molecular weight is 501 g/mol. The molecule has 0 aliphatic rings. The van der Waals surface area contributed by atoms with Gasteiger partial charge in [-0.05, 0) is 69.1 Å². The van der Waals surface area contributed by atoms with Gasteiger partial charge < -0.3 is 9.84 Å². The second-order valence-corrected chi connectivity index (χ2v) is 9.22. The fourth-order valence-corrected chi connectivity index (χ4v) is 4.96. The molecule has 6 rings (SSSR count). The van der Waals surface area contributed by atoms with E-state index in [-0.39, 0.29) is 5.75 Å². The minimum atomic E-state index is -0.454. The van der Waals surface area contributed by atoms with Crippen molar-refractivity contribution in [2.75, 3.05) is 0 Å². The minimum absolute atomic E-state index is 0.210. The van der Waals surface area contributed by atoms with E-state index in [1.54, 1.807) is 24.3 Å². The summed E-state index contributed by atoms with van der Waals surface area (Å²) in [5.74, 6) is 0.205. The molecule has 6 aromatic carbocycles. The van der Waals surface area contributed by atoms with Gasteiger partial charge in [-0.1, -0.05) is 96.5 Å². The monoisotopic (exact) mass is 500 g/mol. The van der Waals surface area contributed by atoms with Crippen LogP contribution in [0, 0.1) is 0 Å². The standard InChI is InChI=1S/C33H21ClO3/c34-29-19-15-23-5-1-3-7-27(23)31(29)32-28-8-4-2-6-24(28)16-20-30(32)37-33(36)25-11-9-21(10-12-25)22-13-17-26(35)18-14-22/h1-20,35H. The van der Waals surface area contributed by atoms with Crippen LogP contribution in [0.5, 0.6) is 11.5 Å². The molecule has 0 aliphatic carbocycles. The Morgan fingerprint density at radius 3 is 1.78 bits per heavy atom. The highest BCUT2D eigenvalue weighted by atomic mass is 35.5. The van der Waals surface area contributed by atoms with Crippen LogP contribution in [0.4, 0.5) is 0 Å². The number of rotatable bonds is 4. The molecule has 0 fully saturated rings. The maximum atomic E-state index is 13.3. The van der Waals surface area contributed by atoms with Gasteiger partial charge in [-0.3, -0.25) is 0 Å². The number of benzene rings is 6. The molecule has 0 amide bonds. The first kappa shape index (κ1) is 22.8. The molecule has 0 saturated carbocycles. The molecule has 4 heteroatoms. The molecule has 0 heterocycles. The predicted molar refractivity (Wildman–Crippen MR) is 150 cm³/mol. The smallest absolute Gasteiger partial charge is 0.343 e. The fourth-order valence-electron chi connectivity index (χ4n) is 4.70. The minimum Gasteiger partial charge on any atom is -0.508 e. The number of hydrogen-bond donors (Lipinski definition) is 1. The lowest BCUT2D eigenvalue weighted by atomic mass is 9.93. The summed E-state index contributed by atoms with van der Waals surface area (Å²) in [7, 11) is 0. The molecule has 0 saturated heterocycles. The number of carbonyl (C=O) groups excluding carboxylic acids is 1. The first-order valence-electron chi connectivity index (χ1n) is 11.9. The summed E-state index contributed by atoms with van der Waals surface area (Å²) in [6.07, 6.45) is 0. The van der Waals surface area contributed by atoms with E-state index in [0.29, 0.717) is 16.3 Å². The molecule has 0 unspecified atom stereocenters. The van der Waals surface area contributed by atoms with Gasteiger partial charge in [0, 0.05) is 16.1 Å². The van der Waals surface area contributed by atoms with Crippen LogP contribution in [0.2, 0.25) is 5.02 Å². The summed E-state index contributed by atoms with van der Waals surface area (Å²) in [6, 6.07) is 37.9. The second-order valence-electron chi connectivity index (χ2n) is 8.82. The van der Waals surface area contributed by atoms with Crippen LogP contribution in [0.25, 0.3) is 43.8 Å². The number of fused-ring (bicyclic) bond motifs is 2. The highest BCUT2D eigenvalue weighted by molar-refractivity contribution is 6.36. The number of aromatic hydroxyl groups is 1. The largest absolute Gasteiger partial charge is 0.508 e. The van der Waals surface area contributed by atoms with Crippen LogP contribution in [-0.4, -0.2) is 11.1 Å². The van der Waals surface area contributed by atoms with Crippen molar-refractivity contribution < 1.29 is 14.6 Å². The van der Waals surface area contributed by atoms with Gasteiger partial charge in [0.15, 0.2) is 0 Å². The van der Waals surface area contributed by atoms with Crippen molar-refractivity contribution in [2.24, 2.45) is 0 Å². The van der Waals surface area contributed by atoms with Crippen molar-refractivity contribution in [1.82, 2.24) is 0 Å². The van der Waals surface area contributed by atoms with E-state index < -0.39 is 5.97 Å². The van der Waals surface area contributed by atoms with Crippen molar-refractivity contribution in [1.29, 1.82) is 0 Å². The number of hydrogen-bond acceptors (Lipinski definition) is 3. The molecule has 0 radical (unpaired) electrons. The van der Waals surface area contributed by atoms with Gasteiger partial charge in [0.05, 0.1) is 5.56 Å². The van der Waals surface area contributed by atoms with Gasteiger partial charge in [-0.2, -0.15) is 0 Å². The van der Waals surface area contributed by atoms with E-state index in [1.165, 1.54) is 0 Å². The van der Waals surface area contributed by atoms with Crippen LogP contribution < -0.4 is 4.74 Å². The zero-order valence-corrected chi connectivity index (χ0v) is 20.4. The van der Waals surface area contributed by atoms with Crippen LogP contribution in [-0.2, 0) is 0 Å². The van der Waals surface area contributed by atoms with Gasteiger partial charge in [-0.15, -0.1) is 0 Å². The average Bonchev–Trinajstić information content (AvgIpc) is 2.94. The Morgan fingerprint density at radius 2 is 1.14 bits per heavy atom. The van der Waals surface area contributed by atoms with Crippen molar-refractivity contribution in [3.63, 3.8) is 0 Å². The second kappa shape index (κ2) is 9.45. The molecule has 0 spiro atoms. The van der Waals surface area contributed by atoms with E-state index in [1.807, 2.05) is 97.1 Å². The summed E-state index contributed by atoms with van der Waals surface area (Å²) < 4.78 is 6.03. The van der Waals surface area contributed by atoms with E-state index in [0.717, 1.165) is 43.8 Å². The lowest BCUT2D eigenvalue weighted by molar-refractivity contribution is 0.0736. The third kappa shape index (κ3) is 4.31. The van der Waals surface area contributed by atoms with Crippen LogP contribution in [0.15, 0.2) is 121 Å². The van der Waals surface area contributed by atoms with Gasteiger partial charge >= 0.3 is 5.97 Å². The van der Waals surface area contributed by atoms with Crippen LogP contribution in [0.1, 0.15) is 10.4 Å². The van der Waals surface area contributed by atoms with Gasteiger partial charge in [0.1, 0.15) is 11.5 Å². The Balaban J connectivity index is 1.43. The van der Waals surface area contributed by atoms with Crippen LogP contribution in [0.3, 0.4) is 0 Å². The number of esters is 1. The number of halogens is 1. The SMILES string of the molecule is O=C(Oc1ccc2ccccc2c1-c1c(Cl)ccc2ccccc12)c1ccc(-c2ccc(O)cc2)cc1. The van der Waals surface area contributed by atoms with Crippen molar-refractivity contribution in [2.45, 2.75) is 0 Å². The van der Waals surface area contributed by atoms with E-state index in [2.05, 4.69) is 0 Å². The van der Waals surface area contributed by atoms with Crippen LogP contribution >= 0.6 is 11.6 Å². The molecule has 0 bridgehead atoms. The van der Waals surface area contributed by atoms with E-state index in [9.17, 15) is 9.90 Å². The molecule has 178 valence electrons. The molecule has 1 N–H and O–H groups in total. The number of phenolic OH excluding ortho intramolecular Hbond substituents is 1. The number of ether oxygens (including phenoxy) is 1. The lowest BCUT2D eigenvalue weighted by Crippen LogP contribution is -2.09. The summed E-state index contributed by atoms with van der Waals surface area (Å²) in [5, 5.41) is 14.1. The van der Waals surface area contributed by atoms with Crippen molar-refractivity contribution in [3.8, 4) is 33.8 Å². The zero-order valence-electron chi connectivity index (χ0n) is 19.7. The Bertz CT molecular complexity index is 1770. The predicted octanol–water partition coefficient (Wildman–Crippen LogP) is 8.91. The summed E-state index contributed by atoms with van der Waals surface area (Å²) in [5.41, 5.74) is 3.94. The molecule has 37 heavy (non-hydrogen) atoms. The zero-order chi connectivity index (χ0) is 25.4. The molecule has 0 aromatic heterocycles. The van der Waals surface area contributed by atoms with E-state index >= 15 is 0 Å². The molecule has 0 aliphatic heterocycles. The summed E-state index contributed by atoms with van der Waals surface area (Å²) in [4.78, 5) is 13.3. The Labute approximate surface area is 219 Å². The maximum absolute atomic E-state index is 13.3. The topological polar surface area (TPSA) is 46.5 Å². The Morgan fingerprint density at radius 1 is 0.595 bits per heavy atom. The fraction of sp³-hybridized carbons (Fsp3) is 0. The third-order valence-electron chi connectivity index (χ3n) is 6.54. The van der Waals surface area contributed by atoms with Gasteiger partial charge in [0.25, 0.3) is 0 Å². The maximum Gasteiger partial charge on any atom is 0.343 e. The first-order chi connectivity index (χ1) is 18.1. The quantitative estimate of drug-likeness (QED) is 0.194. The first-order valence-corrected chi connectivity index (χ1v) is 12.3. The molecule has 0 atom stereocenters. The molecule has 3 nitrogen and oxygen atoms in total. The van der Waals surface area contributed by atoms with E-state index in [4.69, 9.17) is 16.3 Å². The highest BCUT2D eigenvalue weighted by Crippen LogP contribution is 2.44. The summed E-state index contributed by atoms with van der Waals surface area (Å²) >= 11 is 6.79. The number of phenols is 1. The number of carbonyl (C=O) groups is 1. The van der Waals surface area contributed by atoms with Gasteiger partial charge in [0.2, 0.25) is 0 Å². The van der Waals surface area contributed by atoms with Gasteiger partial charge in [-0.25, -0.2) is 4.79 Å². The molecular formula is C33H21ClO3. The molecule has 6 aromatic rings. The summed E-state index contributed by atoms with van der Waals surface area (Å²) in [6.45, 7) is 0. The Kier molecular flexibility index (Phi) is 5.84. The molecular weight excluding hydrogens is 480 g/mol. The van der Waals surface area contributed by atoms with Crippen molar-refractivity contribution >= 4 is 39.1 Å². The highest BCUT2D eigenvalue weighted by Gasteiger charge is 2.20.